The number of hydrogen-bond donors (Lipinski definition) is 1. The van der Waals surface area contributed by atoms with E-state index in [4.69, 9.17) is 21.1 Å². The highest BCUT2D eigenvalue weighted by atomic mass is 35.5. The zero-order valence-corrected chi connectivity index (χ0v) is 19.0. The van der Waals surface area contributed by atoms with Crippen molar-refractivity contribution >= 4 is 29.5 Å². The summed E-state index contributed by atoms with van der Waals surface area (Å²) < 4.78 is 16.8. The predicted octanol–water partition coefficient (Wildman–Crippen LogP) is 4.58. The molecule has 2 aromatic heterocycles. The third-order valence-corrected chi connectivity index (χ3v) is 6.31. The molecule has 1 fully saturated rings. The van der Waals surface area contributed by atoms with Crippen LogP contribution in [0.5, 0.6) is 0 Å². The number of nitrogens with one attached hydrogen (secondary N) is 1. The number of hydrogen-bond acceptors (Lipinski definition) is 8. The molecule has 31 heavy (non-hydrogen) atoms. The molecule has 8 nitrogen and oxygen atoms in total. The first-order valence-corrected chi connectivity index (χ1v) is 11.4. The van der Waals surface area contributed by atoms with Gasteiger partial charge in [0.1, 0.15) is 6.10 Å². The van der Waals surface area contributed by atoms with Gasteiger partial charge in [-0.3, -0.25) is 9.29 Å². The molecular weight excluding hydrogens is 436 g/mol. The smallest absolute Gasteiger partial charge is 0.235 e. The minimum atomic E-state index is -0.303. The first-order chi connectivity index (χ1) is 15.2. The summed E-state index contributed by atoms with van der Waals surface area (Å²) in [4.78, 5) is 8.61. The van der Waals surface area contributed by atoms with Gasteiger partial charge in [0.05, 0.1) is 10.3 Å². The summed E-state index contributed by atoms with van der Waals surface area (Å²) in [5.41, 5.74) is 1.04. The highest BCUT2D eigenvalue weighted by Crippen LogP contribution is 2.33. The van der Waals surface area contributed by atoms with Gasteiger partial charge in [-0.15, -0.1) is 10.2 Å². The summed E-state index contributed by atoms with van der Waals surface area (Å²) in [6.45, 7) is 3.52. The largest absolute Gasteiger partial charge is 0.381 e. The lowest BCUT2D eigenvalue weighted by molar-refractivity contribution is 0.0704. The Hall–Kier alpha value is -2.20. The van der Waals surface area contributed by atoms with Crippen LogP contribution in [0.3, 0.4) is 0 Å². The normalized spacial score (nSPS) is 16.7. The van der Waals surface area contributed by atoms with Gasteiger partial charge in [-0.05, 0) is 31.7 Å². The number of aromatic nitrogens is 5. The average Bonchev–Trinajstić information content (AvgIpc) is 3.24. The average molecular weight is 461 g/mol. The zero-order chi connectivity index (χ0) is 21.6. The van der Waals surface area contributed by atoms with Crippen molar-refractivity contribution in [2.75, 3.05) is 25.0 Å². The number of rotatable bonds is 8. The topological polar surface area (TPSA) is 87.0 Å². The van der Waals surface area contributed by atoms with Crippen molar-refractivity contribution in [3.05, 3.63) is 53.6 Å². The van der Waals surface area contributed by atoms with Gasteiger partial charge in [0.2, 0.25) is 5.95 Å². The van der Waals surface area contributed by atoms with Crippen molar-refractivity contribution in [2.45, 2.75) is 37.2 Å². The highest BCUT2D eigenvalue weighted by Gasteiger charge is 2.26. The maximum absolute atomic E-state index is 5.91. The van der Waals surface area contributed by atoms with Crippen molar-refractivity contribution < 1.29 is 9.47 Å². The molecule has 0 spiro atoms. The second-order valence-corrected chi connectivity index (χ2v) is 8.89. The van der Waals surface area contributed by atoms with E-state index in [0.717, 1.165) is 43.4 Å². The van der Waals surface area contributed by atoms with Crippen LogP contribution in [0.15, 0.2) is 42.7 Å². The summed E-state index contributed by atoms with van der Waals surface area (Å²) in [6, 6.07) is 10.4. The van der Waals surface area contributed by atoms with Crippen molar-refractivity contribution in [1.82, 2.24) is 24.7 Å². The van der Waals surface area contributed by atoms with E-state index < -0.39 is 0 Å². The Morgan fingerprint density at radius 3 is 2.55 bits per heavy atom. The number of methoxy groups -OCH3 is 1. The Labute approximate surface area is 190 Å². The molecule has 0 bridgehead atoms. The monoisotopic (exact) mass is 460 g/mol. The molecule has 10 heteroatoms. The molecule has 4 rings (SSSR count). The van der Waals surface area contributed by atoms with Gasteiger partial charge >= 0.3 is 0 Å². The van der Waals surface area contributed by atoms with Gasteiger partial charge in [0.25, 0.3) is 0 Å². The fourth-order valence-electron chi connectivity index (χ4n) is 3.62. The maximum atomic E-state index is 5.91. The second kappa shape index (κ2) is 10.4. The van der Waals surface area contributed by atoms with Crippen LogP contribution in [-0.4, -0.2) is 50.3 Å². The Balaban J connectivity index is 1.54. The summed E-state index contributed by atoms with van der Waals surface area (Å²) in [7, 11) is 1.65. The van der Waals surface area contributed by atoms with Crippen LogP contribution in [-0.2, 0) is 9.47 Å². The molecule has 0 aliphatic carbocycles. The van der Waals surface area contributed by atoms with E-state index in [1.165, 1.54) is 11.9 Å². The molecule has 2 atom stereocenters. The fraction of sp³-hybridized carbons (Fsp3) is 0.429. The van der Waals surface area contributed by atoms with Crippen LogP contribution in [0, 0.1) is 0 Å². The SMILES string of the molecule is COC(c1ncc(Cl)cn1)C(C)SNc1nnc(-c2ccccc2)n1C1CCOCC1. The summed E-state index contributed by atoms with van der Waals surface area (Å²) in [6.07, 6.45) is 4.70. The molecule has 2 unspecified atom stereocenters. The number of benzene rings is 1. The van der Waals surface area contributed by atoms with E-state index in [-0.39, 0.29) is 17.4 Å². The van der Waals surface area contributed by atoms with Crippen LogP contribution in [0.25, 0.3) is 11.4 Å². The lowest BCUT2D eigenvalue weighted by Gasteiger charge is -2.26. The van der Waals surface area contributed by atoms with Crippen LogP contribution < -0.4 is 4.72 Å². The van der Waals surface area contributed by atoms with Gasteiger partial charge in [-0.2, -0.15) is 0 Å². The van der Waals surface area contributed by atoms with E-state index in [1.807, 2.05) is 18.2 Å². The molecule has 1 aliphatic rings. The lowest BCUT2D eigenvalue weighted by atomic mass is 10.1. The van der Waals surface area contributed by atoms with E-state index in [0.29, 0.717) is 10.8 Å². The maximum Gasteiger partial charge on any atom is 0.235 e. The van der Waals surface area contributed by atoms with Gasteiger partial charge in [-0.1, -0.05) is 41.9 Å². The lowest BCUT2D eigenvalue weighted by Crippen LogP contribution is -2.22. The van der Waals surface area contributed by atoms with Gasteiger partial charge < -0.3 is 9.47 Å². The molecule has 3 aromatic rings. The molecule has 164 valence electrons. The number of nitrogens with zero attached hydrogens (tertiary/aromatic N) is 5. The van der Waals surface area contributed by atoms with Crippen LogP contribution in [0.1, 0.15) is 37.7 Å². The number of ether oxygens (including phenoxy) is 2. The van der Waals surface area contributed by atoms with Crippen LogP contribution in [0.4, 0.5) is 5.95 Å². The van der Waals surface area contributed by atoms with Gasteiger partial charge in [-0.25, -0.2) is 9.97 Å². The Bertz CT molecular complexity index is 966. The number of anilines is 1. The Morgan fingerprint density at radius 1 is 1.16 bits per heavy atom. The summed E-state index contributed by atoms with van der Waals surface area (Å²) >= 11 is 7.42. The first kappa shape index (κ1) is 22.0. The Kier molecular flexibility index (Phi) is 7.39. The standard InChI is InChI=1S/C21H25ClN6O2S/c1-14(18(29-2)19-23-12-16(22)13-24-19)31-27-21-26-25-20(15-6-4-3-5-7-15)28(21)17-8-10-30-11-9-17/h3-7,12-14,17-18H,8-11H2,1-2H3,(H,26,27). The molecule has 1 aromatic carbocycles. The quantitative estimate of drug-likeness (QED) is 0.489. The Morgan fingerprint density at radius 2 is 1.87 bits per heavy atom. The third-order valence-electron chi connectivity index (χ3n) is 5.19. The highest BCUT2D eigenvalue weighted by molar-refractivity contribution is 8.01. The van der Waals surface area contributed by atoms with Crippen molar-refractivity contribution in [2.24, 2.45) is 0 Å². The van der Waals surface area contributed by atoms with Crippen LogP contribution >= 0.6 is 23.5 Å². The minimum absolute atomic E-state index is 0.00573. The molecular formula is C21H25ClN6O2S. The predicted molar refractivity (Wildman–Crippen MR) is 122 cm³/mol. The molecule has 3 heterocycles. The molecule has 1 aliphatic heterocycles. The second-order valence-electron chi connectivity index (χ2n) is 7.27. The minimum Gasteiger partial charge on any atom is -0.381 e. The van der Waals surface area contributed by atoms with Crippen molar-refractivity contribution in [1.29, 1.82) is 0 Å². The summed E-state index contributed by atoms with van der Waals surface area (Å²) in [5, 5.41) is 9.46. The zero-order valence-electron chi connectivity index (χ0n) is 17.4. The molecule has 0 amide bonds. The molecule has 1 N–H and O–H groups in total. The molecule has 0 radical (unpaired) electrons. The summed E-state index contributed by atoms with van der Waals surface area (Å²) in [5.74, 6) is 2.16. The third kappa shape index (κ3) is 5.17. The first-order valence-electron chi connectivity index (χ1n) is 10.2. The van der Waals surface area contributed by atoms with E-state index in [2.05, 4.69) is 48.5 Å². The van der Waals surface area contributed by atoms with E-state index >= 15 is 0 Å². The fourth-order valence-corrected chi connectivity index (χ4v) is 4.50. The molecule has 0 saturated carbocycles. The van der Waals surface area contributed by atoms with Gasteiger partial charge in [0, 0.05) is 44.3 Å². The van der Waals surface area contributed by atoms with E-state index in [1.54, 1.807) is 19.5 Å². The van der Waals surface area contributed by atoms with Crippen molar-refractivity contribution in [3.63, 3.8) is 0 Å². The van der Waals surface area contributed by atoms with Crippen molar-refractivity contribution in [3.8, 4) is 11.4 Å². The van der Waals surface area contributed by atoms with Crippen LogP contribution in [0.2, 0.25) is 5.02 Å². The molecule has 1 saturated heterocycles. The van der Waals surface area contributed by atoms with E-state index in [9.17, 15) is 0 Å². The number of halogens is 1. The van der Waals surface area contributed by atoms with Gasteiger partial charge in [0.15, 0.2) is 11.6 Å².